The maximum atomic E-state index is 9.62. The molecule has 0 aromatic carbocycles. The molecule has 2 N–H and O–H groups in total. The molecule has 0 spiro atoms. The predicted molar refractivity (Wildman–Crippen MR) is 76.9 cm³/mol. The summed E-state index contributed by atoms with van der Waals surface area (Å²) >= 11 is 0. The van der Waals surface area contributed by atoms with Gasteiger partial charge in [-0.05, 0) is 54.3 Å². The Bertz CT molecular complexity index is 243. The minimum atomic E-state index is -0.132. The van der Waals surface area contributed by atoms with Gasteiger partial charge < -0.3 is 20.2 Å². The van der Waals surface area contributed by atoms with E-state index in [2.05, 4.69) is 50.1 Å². The van der Waals surface area contributed by atoms with Crippen molar-refractivity contribution in [2.45, 2.75) is 50.7 Å². The van der Waals surface area contributed by atoms with E-state index in [0.717, 1.165) is 19.5 Å². The number of hydrogen-bond acceptors (Lipinski definition) is 4. The van der Waals surface area contributed by atoms with Gasteiger partial charge in [0.2, 0.25) is 0 Å². The van der Waals surface area contributed by atoms with Crippen molar-refractivity contribution >= 4 is 0 Å². The van der Waals surface area contributed by atoms with Gasteiger partial charge in [0.15, 0.2) is 0 Å². The molecular weight excluding hydrogens is 226 g/mol. The molecule has 108 valence electrons. The molecule has 1 fully saturated rings. The largest absolute Gasteiger partial charge is 0.394 e. The fraction of sp³-hybridized carbons (Fsp3) is 1.00. The SMILES string of the molecule is CC(CC(C)(CO)NC1CC1)N(C)CCN(C)C. The van der Waals surface area contributed by atoms with Gasteiger partial charge in [-0.3, -0.25) is 0 Å². The predicted octanol–water partition coefficient (Wildman–Crippen LogP) is 0.761. The van der Waals surface area contributed by atoms with E-state index < -0.39 is 0 Å². The molecule has 1 saturated carbocycles. The molecule has 0 aromatic heterocycles. The molecule has 0 bridgehead atoms. The third-order valence-electron chi connectivity index (χ3n) is 3.88. The van der Waals surface area contributed by atoms with Crippen molar-refractivity contribution in [2.24, 2.45) is 0 Å². The van der Waals surface area contributed by atoms with Crippen LogP contribution in [0.25, 0.3) is 0 Å². The Balaban J connectivity index is 2.36. The van der Waals surface area contributed by atoms with Crippen molar-refractivity contribution in [3.05, 3.63) is 0 Å². The smallest absolute Gasteiger partial charge is 0.0611 e. The lowest BCUT2D eigenvalue weighted by Crippen LogP contribution is -2.51. The molecule has 4 nitrogen and oxygen atoms in total. The molecule has 2 atom stereocenters. The highest BCUT2D eigenvalue weighted by Crippen LogP contribution is 2.25. The molecule has 0 radical (unpaired) electrons. The lowest BCUT2D eigenvalue weighted by molar-refractivity contribution is 0.121. The van der Waals surface area contributed by atoms with E-state index >= 15 is 0 Å². The Morgan fingerprint density at radius 2 is 1.89 bits per heavy atom. The highest BCUT2D eigenvalue weighted by molar-refractivity contribution is 4.94. The number of aliphatic hydroxyl groups is 1. The van der Waals surface area contributed by atoms with Crippen LogP contribution in [0.5, 0.6) is 0 Å². The zero-order valence-electron chi connectivity index (χ0n) is 12.7. The first kappa shape index (κ1) is 15.9. The van der Waals surface area contributed by atoms with Gasteiger partial charge in [-0.1, -0.05) is 0 Å². The molecule has 1 rings (SSSR count). The molecular formula is C14H31N3O. The van der Waals surface area contributed by atoms with Crippen LogP contribution in [-0.2, 0) is 0 Å². The van der Waals surface area contributed by atoms with Crippen molar-refractivity contribution in [1.82, 2.24) is 15.1 Å². The van der Waals surface area contributed by atoms with Crippen molar-refractivity contribution < 1.29 is 5.11 Å². The maximum absolute atomic E-state index is 9.62. The van der Waals surface area contributed by atoms with Gasteiger partial charge in [0.1, 0.15) is 0 Å². The first-order chi connectivity index (χ1) is 8.36. The van der Waals surface area contributed by atoms with Gasteiger partial charge in [0.05, 0.1) is 6.61 Å². The molecule has 1 aliphatic rings. The van der Waals surface area contributed by atoms with Crippen LogP contribution in [-0.4, -0.2) is 73.4 Å². The van der Waals surface area contributed by atoms with Crippen LogP contribution in [0.2, 0.25) is 0 Å². The van der Waals surface area contributed by atoms with E-state index in [9.17, 15) is 5.11 Å². The minimum Gasteiger partial charge on any atom is -0.394 e. The van der Waals surface area contributed by atoms with Gasteiger partial charge >= 0.3 is 0 Å². The van der Waals surface area contributed by atoms with Crippen molar-refractivity contribution in [3.63, 3.8) is 0 Å². The first-order valence-electron chi connectivity index (χ1n) is 7.10. The number of likely N-dealkylation sites (N-methyl/N-ethyl adjacent to an activating group) is 2. The van der Waals surface area contributed by atoms with Crippen LogP contribution in [0.1, 0.15) is 33.1 Å². The molecule has 1 aliphatic carbocycles. The van der Waals surface area contributed by atoms with E-state index in [-0.39, 0.29) is 12.1 Å². The minimum absolute atomic E-state index is 0.132. The summed E-state index contributed by atoms with van der Waals surface area (Å²) in [4.78, 5) is 4.58. The summed E-state index contributed by atoms with van der Waals surface area (Å²) in [5, 5.41) is 13.2. The van der Waals surface area contributed by atoms with E-state index in [0.29, 0.717) is 12.1 Å². The van der Waals surface area contributed by atoms with Crippen LogP contribution in [0.3, 0.4) is 0 Å². The van der Waals surface area contributed by atoms with Crippen LogP contribution in [0, 0.1) is 0 Å². The third-order valence-corrected chi connectivity index (χ3v) is 3.88. The summed E-state index contributed by atoms with van der Waals surface area (Å²) in [5.41, 5.74) is -0.132. The molecule has 0 aromatic rings. The monoisotopic (exact) mass is 257 g/mol. The standard InChI is InChI=1S/C14H31N3O/c1-12(17(5)9-8-16(3)4)10-14(2,11-18)15-13-6-7-13/h12-13,15,18H,6-11H2,1-5H3. The molecule has 0 saturated heterocycles. The second-order valence-corrected chi connectivity index (χ2v) is 6.47. The summed E-state index contributed by atoms with van der Waals surface area (Å²) in [6, 6.07) is 1.12. The van der Waals surface area contributed by atoms with Crippen LogP contribution in [0.4, 0.5) is 0 Å². The summed E-state index contributed by atoms with van der Waals surface area (Å²) in [6.45, 7) is 6.75. The molecule has 0 aliphatic heterocycles. The normalized spacial score (nSPS) is 21.3. The summed E-state index contributed by atoms with van der Waals surface area (Å²) < 4.78 is 0. The van der Waals surface area contributed by atoms with Gasteiger partial charge in [-0.15, -0.1) is 0 Å². The lowest BCUT2D eigenvalue weighted by atomic mass is 9.93. The molecule has 0 heterocycles. The number of hydrogen-bond donors (Lipinski definition) is 2. The molecule has 0 amide bonds. The Hall–Kier alpha value is -0.160. The maximum Gasteiger partial charge on any atom is 0.0611 e. The van der Waals surface area contributed by atoms with E-state index in [1.165, 1.54) is 12.8 Å². The quantitative estimate of drug-likeness (QED) is 0.640. The first-order valence-corrected chi connectivity index (χ1v) is 7.10. The van der Waals surface area contributed by atoms with E-state index in [1.807, 2.05) is 0 Å². The Labute approximate surface area is 112 Å². The second kappa shape index (κ2) is 6.85. The zero-order chi connectivity index (χ0) is 13.8. The third kappa shape index (κ3) is 5.65. The number of rotatable bonds is 9. The van der Waals surface area contributed by atoms with Crippen molar-refractivity contribution in [3.8, 4) is 0 Å². The topological polar surface area (TPSA) is 38.7 Å². The molecule has 18 heavy (non-hydrogen) atoms. The molecule has 2 unspecified atom stereocenters. The summed E-state index contributed by atoms with van der Waals surface area (Å²) in [5.74, 6) is 0. The average molecular weight is 257 g/mol. The Kier molecular flexibility index (Phi) is 6.05. The number of aliphatic hydroxyl groups excluding tert-OH is 1. The van der Waals surface area contributed by atoms with E-state index in [1.54, 1.807) is 0 Å². The summed E-state index contributed by atoms with van der Waals surface area (Å²) in [6.07, 6.45) is 3.52. The highest BCUT2D eigenvalue weighted by Gasteiger charge is 2.33. The fourth-order valence-electron chi connectivity index (χ4n) is 2.28. The number of nitrogens with one attached hydrogen (secondary N) is 1. The fourth-order valence-corrected chi connectivity index (χ4v) is 2.28. The second-order valence-electron chi connectivity index (χ2n) is 6.47. The van der Waals surface area contributed by atoms with Gasteiger partial charge in [-0.2, -0.15) is 0 Å². The van der Waals surface area contributed by atoms with Crippen LogP contribution >= 0.6 is 0 Å². The van der Waals surface area contributed by atoms with Crippen LogP contribution < -0.4 is 5.32 Å². The zero-order valence-corrected chi connectivity index (χ0v) is 12.7. The van der Waals surface area contributed by atoms with E-state index in [4.69, 9.17) is 0 Å². The van der Waals surface area contributed by atoms with Gasteiger partial charge in [0, 0.05) is 30.7 Å². The Morgan fingerprint density at radius 1 is 1.28 bits per heavy atom. The van der Waals surface area contributed by atoms with Gasteiger partial charge in [-0.25, -0.2) is 0 Å². The van der Waals surface area contributed by atoms with Crippen molar-refractivity contribution in [1.29, 1.82) is 0 Å². The highest BCUT2D eigenvalue weighted by atomic mass is 16.3. The number of nitrogens with zero attached hydrogens (tertiary/aromatic N) is 2. The summed E-state index contributed by atoms with van der Waals surface area (Å²) in [7, 11) is 6.37. The lowest BCUT2D eigenvalue weighted by Gasteiger charge is -2.35. The average Bonchev–Trinajstić information content (AvgIpc) is 3.09. The van der Waals surface area contributed by atoms with Crippen molar-refractivity contribution in [2.75, 3.05) is 40.8 Å². The van der Waals surface area contributed by atoms with Crippen LogP contribution in [0.15, 0.2) is 0 Å². The molecule has 4 heteroatoms. The Morgan fingerprint density at radius 3 is 2.33 bits per heavy atom. The van der Waals surface area contributed by atoms with Gasteiger partial charge in [0.25, 0.3) is 0 Å².